The van der Waals surface area contributed by atoms with Crippen LogP contribution in [-0.4, -0.2) is 37.4 Å². The highest BCUT2D eigenvalue weighted by atomic mass is 16.1. The maximum Gasteiger partial charge on any atom is 0.153 e. The Kier molecular flexibility index (Phi) is 2.74. The van der Waals surface area contributed by atoms with E-state index in [9.17, 15) is 4.79 Å². The zero-order valence-electron chi connectivity index (χ0n) is 7.94. The van der Waals surface area contributed by atoms with E-state index in [1.165, 1.54) is 0 Å². The first-order valence-electron chi connectivity index (χ1n) is 4.76. The average molecular weight is 191 g/mol. The quantitative estimate of drug-likeness (QED) is 0.683. The number of aldehydes is 1. The lowest BCUT2D eigenvalue weighted by molar-refractivity contribution is 0.112. The number of hydrogen-bond donors (Lipinski definition) is 1. The molecule has 0 atom stereocenters. The molecule has 2 heterocycles. The van der Waals surface area contributed by atoms with Gasteiger partial charge in [-0.15, -0.1) is 0 Å². The molecule has 0 bridgehead atoms. The second-order valence-corrected chi connectivity index (χ2v) is 3.29. The highest BCUT2D eigenvalue weighted by Gasteiger charge is 2.13. The third-order valence-corrected chi connectivity index (χ3v) is 2.41. The van der Waals surface area contributed by atoms with Gasteiger partial charge in [-0.05, 0) is 6.07 Å². The summed E-state index contributed by atoms with van der Waals surface area (Å²) in [6, 6.07) is 1.90. The maximum absolute atomic E-state index is 10.8. The van der Waals surface area contributed by atoms with Crippen LogP contribution in [-0.2, 0) is 0 Å². The summed E-state index contributed by atoms with van der Waals surface area (Å²) >= 11 is 0. The number of rotatable bonds is 2. The van der Waals surface area contributed by atoms with Gasteiger partial charge >= 0.3 is 0 Å². The van der Waals surface area contributed by atoms with Crippen LogP contribution in [0.5, 0.6) is 0 Å². The largest absolute Gasteiger partial charge is 0.368 e. The molecule has 0 radical (unpaired) electrons. The van der Waals surface area contributed by atoms with Crippen LogP contribution >= 0.6 is 0 Å². The Morgan fingerprint density at radius 2 is 2.21 bits per heavy atom. The number of aromatic nitrogens is 1. The summed E-state index contributed by atoms with van der Waals surface area (Å²) in [5.74, 6) is 0. The Morgan fingerprint density at radius 3 is 2.93 bits per heavy atom. The summed E-state index contributed by atoms with van der Waals surface area (Å²) in [6.45, 7) is 3.84. The first-order chi connectivity index (χ1) is 6.92. The molecule has 14 heavy (non-hydrogen) atoms. The van der Waals surface area contributed by atoms with E-state index < -0.39 is 0 Å². The minimum absolute atomic E-state index is 0.675. The first-order valence-corrected chi connectivity index (χ1v) is 4.76. The molecule has 0 spiro atoms. The number of hydrogen-bond acceptors (Lipinski definition) is 4. The fraction of sp³-hybridized carbons (Fsp3) is 0.400. The van der Waals surface area contributed by atoms with E-state index in [0.717, 1.165) is 38.2 Å². The summed E-state index contributed by atoms with van der Waals surface area (Å²) in [7, 11) is 0. The fourth-order valence-corrected chi connectivity index (χ4v) is 1.68. The van der Waals surface area contributed by atoms with Crippen molar-refractivity contribution in [1.29, 1.82) is 0 Å². The molecule has 1 N–H and O–H groups in total. The predicted molar refractivity (Wildman–Crippen MR) is 54.7 cm³/mol. The topological polar surface area (TPSA) is 45.2 Å². The summed E-state index contributed by atoms with van der Waals surface area (Å²) in [6.07, 6.45) is 4.21. The molecule has 0 aromatic carbocycles. The van der Waals surface area contributed by atoms with Crippen LogP contribution in [0.4, 0.5) is 5.69 Å². The molecule has 74 valence electrons. The Balaban J connectivity index is 2.24. The van der Waals surface area contributed by atoms with E-state index in [0.29, 0.717) is 5.56 Å². The van der Waals surface area contributed by atoms with Crippen LogP contribution in [0.25, 0.3) is 0 Å². The predicted octanol–water partition coefficient (Wildman–Crippen LogP) is 0.304. The third-order valence-electron chi connectivity index (χ3n) is 2.41. The van der Waals surface area contributed by atoms with Crippen LogP contribution in [0.1, 0.15) is 10.4 Å². The van der Waals surface area contributed by atoms with E-state index in [1.54, 1.807) is 12.4 Å². The van der Waals surface area contributed by atoms with E-state index in [2.05, 4.69) is 15.2 Å². The van der Waals surface area contributed by atoms with Gasteiger partial charge in [0.2, 0.25) is 0 Å². The van der Waals surface area contributed by atoms with Crippen molar-refractivity contribution < 1.29 is 4.79 Å². The minimum Gasteiger partial charge on any atom is -0.368 e. The minimum atomic E-state index is 0.675. The monoisotopic (exact) mass is 191 g/mol. The lowest BCUT2D eigenvalue weighted by Crippen LogP contribution is -2.43. The van der Waals surface area contributed by atoms with Crippen molar-refractivity contribution in [2.75, 3.05) is 31.1 Å². The molecule has 1 fully saturated rings. The summed E-state index contributed by atoms with van der Waals surface area (Å²) in [5.41, 5.74) is 1.67. The van der Waals surface area contributed by atoms with E-state index in [1.807, 2.05) is 6.07 Å². The SMILES string of the molecule is O=Cc1cnccc1N1CCNCC1. The Bertz CT molecular complexity index is 321. The summed E-state index contributed by atoms with van der Waals surface area (Å²) < 4.78 is 0. The Morgan fingerprint density at radius 1 is 1.43 bits per heavy atom. The van der Waals surface area contributed by atoms with Gasteiger partial charge in [0, 0.05) is 38.6 Å². The highest BCUT2D eigenvalue weighted by molar-refractivity contribution is 5.83. The molecule has 1 aliphatic rings. The standard InChI is InChI=1S/C10H13N3O/c14-8-9-7-12-2-1-10(9)13-5-3-11-4-6-13/h1-2,7-8,11H,3-6H2. The number of anilines is 1. The molecule has 1 saturated heterocycles. The molecule has 0 amide bonds. The van der Waals surface area contributed by atoms with E-state index >= 15 is 0 Å². The van der Waals surface area contributed by atoms with Crippen molar-refractivity contribution in [3.8, 4) is 0 Å². The number of pyridine rings is 1. The van der Waals surface area contributed by atoms with Gasteiger partial charge in [0.05, 0.1) is 11.3 Å². The number of nitrogens with zero attached hydrogens (tertiary/aromatic N) is 2. The molecule has 4 heteroatoms. The van der Waals surface area contributed by atoms with E-state index in [-0.39, 0.29) is 0 Å². The first kappa shape index (κ1) is 9.15. The normalized spacial score (nSPS) is 16.7. The van der Waals surface area contributed by atoms with Gasteiger partial charge in [-0.1, -0.05) is 0 Å². The van der Waals surface area contributed by atoms with E-state index in [4.69, 9.17) is 0 Å². The second-order valence-electron chi connectivity index (χ2n) is 3.29. The summed E-state index contributed by atoms with van der Waals surface area (Å²) in [4.78, 5) is 16.9. The molecule has 2 rings (SSSR count). The van der Waals surface area contributed by atoms with Crippen molar-refractivity contribution in [2.24, 2.45) is 0 Å². The molecule has 0 aliphatic carbocycles. The zero-order valence-corrected chi connectivity index (χ0v) is 7.94. The smallest absolute Gasteiger partial charge is 0.153 e. The van der Waals surface area contributed by atoms with Gasteiger partial charge in [0.1, 0.15) is 0 Å². The van der Waals surface area contributed by atoms with Crippen LogP contribution in [0.3, 0.4) is 0 Å². The number of carbonyl (C=O) groups is 1. The molecular formula is C10H13N3O. The van der Waals surface area contributed by atoms with Crippen LogP contribution in [0, 0.1) is 0 Å². The molecule has 1 aromatic rings. The van der Waals surface area contributed by atoms with Gasteiger partial charge in [-0.3, -0.25) is 9.78 Å². The molecule has 0 saturated carbocycles. The number of nitrogens with one attached hydrogen (secondary N) is 1. The Hall–Kier alpha value is -1.42. The molecule has 0 unspecified atom stereocenters. The highest BCUT2D eigenvalue weighted by Crippen LogP contribution is 2.17. The van der Waals surface area contributed by atoms with Crippen LogP contribution in [0.15, 0.2) is 18.5 Å². The zero-order chi connectivity index (χ0) is 9.80. The average Bonchev–Trinajstić information content (AvgIpc) is 2.30. The molecular weight excluding hydrogens is 178 g/mol. The van der Waals surface area contributed by atoms with Gasteiger partial charge in [0.15, 0.2) is 6.29 Å². The summed E-state index contributed by atoms with van der Waals surface area (Å²) in [5, 5.41) is 3.28. The van der Waals surface area contributed by atoms with Gasteiger partial charge in [-0.25, -0.2) is 0 Å². The van der Waals surface area contributed by atoms with Crippen molar-refractivity contribution in [2.45, 2.75) is 0 Å². The van der Waals surface area contributed by atoms with Crippen LogP contribution in [0.2, 0.25) is 0 Å². The van der Waals surface area contributed by atoms with Crippen LogP contribution < -0.4 is 10.2 Å². The molecule has 1 aromatic heterocycles. The third kappa shape index (κ3) is 1.75. The van der Waals surface area contributed by atoms with Gasteiger partial charge in [-0.2, -0.15) is 0 Å². The number of piperazine rings is 1. The molecule has 4 nitrogen and oxygen atoms in total. The van der Waals surface area contributed by atoms with Crippen molar-refractivity contribution in [3.05, 3.63) is 24.0 Å². The van der Waals surface area contributed by atoms with Crippen molar-refractivity contribution in [3.63, 3.8) is 0 Å². The lowest BCUT2D eigenvalue weighted by Gasteiger charge is -2.30. The van der Waals surface area contributed by atoms with Gasteiger partial charge in [0.25, 0.3) is 0 Å². The number of carbonyl (C=O) groups excluding carboxylic acids is 1. The van der Waals surface area contributed by atoms with Gasteiger partial charge < -0.3 is 10.2 Å². The maximum atomic E-state index is 10.8. The Labute approximate surface area is 82.9 Å². The lowest BCUT2D eigenvalue weighted by atomic mass is 10.2. The van der Waals surface area contributed by atoms with Crippen molar-refractivity contribution in [1.82, 2.24) is 10.3 Å². The fourth-order valence-electron chi connectivity index (χ4n) is 1.68. The van der Waals surface area contributed by atoms with Crippen molar-refractivity contribution >= 4 is 12.0 Å². The molecule has 1 aliphatic heterocycles. The second kappa shape index (κ2) is 4.19.